The minimum atomic E-state index is -0.645. The molecule has 0 spiro atoms. The fraction of sp³-hybridized carbons (Fsp3) is 0.417. The van der Waals surface area contributed by atoms with Gasteiger partial charge in [0.1, 0.15) is 12.2 Å². The molecule has 4 rings (SSSR count). The molecule has 152 valence electrons. The first kappa shape index (κ1) is 19.8. The summed E-state index contributed by atoms with van der Waals surface area (Å²) in [5.41, 5.74) is 5.64. The van der Waals surface area contributed by atoms with Gasteiger partial charge in [-0.3, -0.25) is 9.78 Å². The zero-order valence-corrected chi connectivity index (χ0v) is 17.7. The number of Topliss-reactive ketones (excluding diaryl/α,β-unsaturated/α-hetero) is 1. The number of carbonyl (C=O) groups is 1. The van der Waals surface area contributed by atoms with Crippen molar-refractivity contribution in [3.05, 3.63) is 65.1 Å². The van der Waals surface area contributed by atoms with Crippen LogP contribution in [0.25, 0.3) is 10.9 Å². The maximum atomic E-state index is 11.7. The maximum absolute atomic E-state index is 11.7. The predicted octanol–water partition coefficient (Wildman–Crippen LogP) is 3.85. The number of likely N-dealkylation sites (N-methyl/N-ethyl adjacent to an activating group) is 1. The van der Waals surface area contributed by atoms with E-state index in [1.54, 1.807) is 13.1 Å². The van der Waals surface area contributed by atoms with Gasteiger partial charge in [-0.2, -0.15) is 0 Å². The number of rotatable bonds is 6. The second-order valence-electron chi connectivity index (χ2n) is 8.48. The lowest BCUT2D eigenvalue weighted by molar-refractivity contribution is -0.129. The molecule has 3 aromatic rings. The molecule has 0 saturated carbocycles. The van der Waals surface area contributed by atoms with Crippen molar-refractivity contribution < 1.29 is 9.53 Å². The van der Waals surface area contributed by atoms with Crippen molar-refractivity contribution in [2.45, 2.75) is 45.9 Å². The van der Waals surface area contributed by atoms with Crippen molar-refractivity contribution in [2.75, 3.05) is 20.2 Å². The molecular formula is C24H29N3O2. The summed E-state index contributed by atoms with van der Waals surface area (Å²) in [4.78, 5) is 18.4. The molecule has 2 aromatic heterocycles. The van der Waals surface area contributed by atoms with Crippen molar-refractivity contribution in [3.8, 4) is 0 Å². The van der Waals surface area contributed by atoms with Gasteiger partial charge in [0.15, 0.2) is 5.78 Å². The second kappa shape index (κ2) is 7.73. The summed E-state index contributed by atoms with van der Waals surface area (Å²) in [6.45, 7) is 8.51. The number of aromatic nitrogens is 2. The number of nitrogens with zero attached hydrogens (tertiary/aromatic N) is 3. The van der Waals surface area contributed by atoms with Crippen LogP contribution in [-0.4, -0.2) is 40.4 Å². The highest BCUT2D eigenvalue weighted by atomic mass is 16.5. The average Bonchev–Trinajstić information content (AvgIpc) is 2.99. The molecule has 1 aliphatic heterocycles. The van der Waals surface area contributed by atoms with E-state index in [1.807, 2.05) is 18.3 Å². The van der Waals surface area contributed by atoms with Gasteiger partial charge in [0.2, 0.25) is 0 Å². The molecule has 5 nitrogen and oxygen atoms in total. The van der Waals surface area contributed by atoms with Gasteiger partial charge in [0, 0.05) is 54.1 Å². The maximum Gasteiger partial charge on any atom is 0.155 e. The summed E-state index contributed by atoms with van der Waals surface area (Å²) < 4.78 is 8.62. The van der Waals surface area contributed by atoms with Crippen LogP contribution in [0.1, 0.15) is 36.2 Å². The van der Waals surface area contributed by atoms with Gasteiger partial charge in [-0.05, 0) is 51.6 Å². The Hall–Kier alpha value is -2.50. The van der Waals surface area contributed by atoms with Crippen LogP contribution in [0.4, 0.5) is 0 Å². The minimum Gasteiger partial charge on any atom is -0.361 e. The fourth-order valence-corrected chi connectivity index (χ4v) is 4.34. The van der Waals surface area contributed by atoms with E-state index in [1.165, 1.54) is 27.7 Å². The van der Waals surface area contributed by atoms with Gasteiger partial charge >= 0.3 is 0 Å². The normalized spacial score (nSPS) is 16.6. The third kappa shape index (κ3) is 3.85. The molecule has 0 saturated heterocycles. The van der Waals surface area contributed by atoms with Gasteiger partial charge in [-0.25, -0.2) is 0 Å². The Labute approximate surface area is 172 Å². The second-order valence-corrected chi connectivity index (χ2v) is 8.48. The quantitative estimate of drug-likeness (QED) is 0.640. The molecule has 1 aromatic carbocycles. The van der Waals surface area contributed by atoms with E-state index in [0.717, 1.165) is 25.1 Å². The molecule has 0 bridgehead atoms. The van der Waals surface area contributed by atoms with Crippen LogP contribution < -0.4 is 0 Å². The Kier molecular flexibility index (Phi) is 5.28. The highest BCUT2D eigenvalue weighted by Crippen LogP contribution is 2.35. The van der Waals surface area contributed by atoms with Crippen molar-refractivity contribution in [1.82, 2.24) is 14.5 Å². The minimum absolute atomic E-state index is 0.0248. The van der Waals surface area contributed by atoms with Crippen LogP contribution in [0.3, 0.4) is 0 Å². The summed E-state index contributed by atoms with van der Waals surface area (Å²) in [5.74, 6) is 0.0248. The van der Waals surface area contributed by atoms with Gasteiger partial charge in [0.05, 0.1) is 6.54 Å². The monoisotopic (exact) mass is 391 g/mol. The molecule has 0 fully saturated rings. The largest absolute Gasteiger partial charge is 0.361 e. The number of ether oxygens (including phenoxy) is 1. The first-order valence-corrected chi connectivity index (χ1v) is 10.2. The number of benzene rings is 1. The first-order chi connectivity index (χ1) is 13.9. The lowest BCUT2D eigenvalue weighted by Crippen LogP contribution is -2.35. The third-order valence-electron chi connectivity index (χ3n) is 5.93. The molecule has 0 amide bonds. The average molecular weight is 392 g/mol. The Bertz CT molecular complexity index is 1040. The van der Waals surface area contributed by atoms with Gasteiger partial charge in [-0.1, -0.05) is 17.7 Å². The van der Waals surface area contributed by atoms with E-state index in [4.69, 9.17) is 4.74 Å². The van der Waals surface area contributed by atoms with Crippen LogP contribution in [0, 0.1) is 6.92 Å². The lowest BCUT2D eigenvalue weighted by Gasteiger charge is -2.32. The molecular weight excluding hydrogens is 362 g/mol. The summed E-state index contributed by atoms with van der Waals surface area (Å²) in [7, 11) is 2.18. The van der Waals surface area contributed by atoms with E-state index >= 15 is 0 Å². The zero-order chi connectivity index (χ0) is 20.6. The summed E-state index contributed by atoms with van der Waals surface area (Å²) in [6.07, 6.45) is 4.62. The molecule has 5 heteroatoms. The Morgan fingerprint density at radius 3 is 2.86 bits per heavy atom. The van der Waals surface area contributed by atoms with Gasteiger partial charge < -0.3 is 14.2 Å². The Morgan fingerprint density at radius 1 is 1.31 bits per heavy atom. The highest BCUT2D eigenvalue weighted by molar-refractivity contribution is 5.86. The van der Waals surface area contributed by atoms with Crippen LogP contribution in [-0.2, 0) is 34.6 Å². The lowest BCUT2D eigenvalue weighted by atomic mass is 9.96. The molecule has 29 heavy (non-hydrogen) atoms. The molecule has 0 N–H and O–H groups in total. The van der Waals surface area contributed by atoms with E-state index in [0.29, 0.717) is 6.54 Å². The van der Waals surface area contributed by atoms with Crippen molar-refractivity contribution in [2.24, 2.45) is 0 Å². The first-order valence-electron chi connectivity index (χ1n) is 10.2. The van der Waals surface area contributed by atoms with Crippen molar-refractivity contribution >= 4 is 16.7 Å². The fourth-order valence-electron chi connectivity index (χ4n) is 4.34. The standard InChI is InChI=1S/C24H29N3O2/c1-17-7-8-22-20(12-17)21-14-26(4)11-9-23(21)27(22)16-24(3,29-15-18(2)28)19-6-5-10-25-13-19/h5-8,10,12-13H,9,11,14-16H2,1-4H3. The molecule has 3 heterocycles. The number of pyridine rings is 1. The van der Waals surface area contributed by atoms with E-state index < -0.39 is 5.60 Å². The topological polar surface area (TPSA) is 47.4 Å². The molecule has 1 aliphatic rings. The number of ketones is 1. The Balaban J connectivity index is 1.83. The van der Waals surface area contributed by atoms with Gasteiger partial charge in [0.25, 0.3) is 0 Å². The third-order valence-corrected chi connectivity index (χ3v) is 5.93. The molecule has 0 radical (unpaired) electrons. The molecule has 0 aliphatic carbocycles. The molecule has 1 atom stereocenters. The van der Waals surface area contributed by atoms with Crippen LogP contribution >= 0.6 is 0 Å². The molecule has 1 unspecified atom stereocenters. The highest BCUT2D eigenvalue weighted by Gasteiger charge is 2.32. The summed E-state index contributed by atoms with van der Waals surface area (Å²) in [5, 5.41) is 1.33. The zero-order valence-electron chi connectivity index (χ0n) is 17.7. The number of carbonyl (C=O) groups excluding carboxylic acids is 1. The van der Waals surface area contributed by atoms with Gasteiger partial charge in [-0.15, -0.1) is 0 Å². The van der Waals surface area contributed by atoms with Crippen molar-refractivity contribution in [3.63, 3.8) is 0 Å². The van der Waals surface area contributed by atoms with Crippen LogP contribution in [0.5, 0.6) is 0 Å². The SMILES string of the molecule is CC(=O)COC(C)(Cn1c2c(c3cc(C)ccc31)CN(C)CC2)c1cccnc1. The van der Waals surface area contributed by atoms with Crippen LogP contribution in [0.2, 0.25) is 0 Å². The van der Waals surface area contributed by atoms with E-state index in [2.05, 4.69) is 53.5 Å². The van der Waals surface area contributed by atoms with Crippen LogP contribution in [0.15, 0.2) is 42.7 Å². The predicted molar refractivity (Wildman–Crippen MR) is 115 cm³/mol. The smallest absolute Gasteiger partial charge is 0.155 e. The van der Waals surface area contributed by atoms with E-state index in [9.17, 15) is 4.79 Å². The summed E-state index contributed by atoms with van der Waals surface area (Å²) in [6, 6.07) is 10.6. The van der Waals surface area contributed by atoms with Crippen molar-refractivity contribution in [1.29, 1.82) is 0 Å². The Morgan fingerprint density at radius 2 is 2.14 bits per heavy atom. The summed E-state index contributed by atoms with van der Waals surface area (Å²) >= 11 is 0. The number of aryl methyl sites for hydroxylation is 1. The number of fused-ring (bicyclic) bond motifs is 3. The van der Waals surface area contributed by atoms with E-state index in [-0.39, 0.29) is 12.4 Å². The number of hydrogen-bond donors (Lipinski definition) is 0. The number of hydrogen-bond acceptors (Lipinski definition) is 4.